The topological polar surface area (TPSA) is 73.8 Å². The number of hydrogen-bond acceptors (Lipinski definition) is 4. The first kappa shape index (κ1) is 21.9. The van der Waals surface area contributed by atoms with E-state index in [1.54, 1.807) is 6.92 Å². The molecule has 4 rings (SSSR count). The number of halogens is 1. The molecule has 31 heavy (non-hydrogen) atoms. The van der Waals surface area contributed by atoms with Crippen molar-refractivity contribution in [2.45, 2.75) is 56.6 Å². The van der Waals surface area contributed by atoms with Gasteiger partial charge < -0.3 is 5.32 Å². The number of nitrogens with zero attached hydrogens (tertiary/aromatic N) is 2. The number of sulfonamides is 1. The lowest BCUT2D eigenvalue weighted by molar-refractivity contribution is 0.416. The molecule has 0 radical (unpaired) electrons. The Morgan fingerprint density at radius 3 is 2.65 bits per heavy atom. The van der Waals surface area contributed by atoms with E-state index in [-0.39, 0.29) is 17.0 Å². The molecule has 2 N–H and O–H groups in total. The van der Waals surface area contributed by atoms with Crippen LogP contribution >= 0.6 is 0 Å². The largest absolute Gasteiger partial charge is 0.342 e. The lowest BCUT2D eigenvalue weighted by Crippen LogP contribution is -2.56. The monoisotopic (exact) mass is 444 g/mol. The fourth-order valence-electron chi connectivity index (χ4n) is 4.17. The standard InChI is InChI=1S/C23H29FN4O2S/c1-16-9-10-18(24)13-20(16)31(29,30)28-12-11-23(15-28)21(27-22(2,3)4)26-19-8-6-5-7-17(19)14-25-23/h5-10,13,25H,11-12,14-15H2,1-4H3,(H,26,27)/t23-/m0/s1. The molecule has 0 unspecified atom stereocenters. The van der Waals surface area contributed by atoms with Crippen LogP contribution in [0, 0.1) is 12.7 Å². The van der Waals surface area contributed by atoms with E-state index >= 15 is 0 Å². The van der Waals surface area contributed by atoms with Crippen molar-refractivity contribution in [3.8, 4) is 0 Å². The van der Waals surface area contributed by atoms with E-state index in [9.17, 15) is 12.8 Å². The van der Waals surface area contributed by atoms with Crippen molar-refractivity contribution >= 4 is 21.5 Å². The first-order chi connectivity index (χ1) is 14.5. The average molecular weight is 445 g/mol. The molecule has 2 aliphatic rings. The molecule has 0 saturated carbocycles. The SMILES string of the molecule is Cc1ccc(F)cc1S(=O)(=O)N1CC[C@@]2(C1)NCc1ccccc1NC2=NC(C)(C)C. The molecule has 2 heterocycles. The number of para-hydroxylation sites is 1. The third-order valence-electron chi connectivity index (χ3n) is 5.79. The van der Waals surface area contributed by atoms with Gasteiger partial charge in [-0.2, -0.15) is 4.31 Å². The van der Waals surface area contributed by atoms with Crippen LogP contribution in [0.2, 0.25) is 0 Å². The Morgan fingerprint density at radius 1 is 1.16 bits per heavy atom. The second kappa shape index (κ2) is 7.69. The van der Waals surface area contributed by atoms with Gasteiger partial charge >= 0.3 is 0 Å². The fourth-order valence-corrected chi connectivity index (χ4v) is 5.91. The second-order valence-corrected chi connectivity index (χ2v) is 11.3. The highest BCUT2D eigenvalue weighted by Crippen LogP contribution is 2.34. The van der Waals surface area contributed by atoms with E-state index in [4.69, 9.17) is 4.99 Å². The second-order valence-electron chi connectivity index (χ2n) is 9.35. The van der Waals surface area contributed by atoms with Gasteiger partial charge in [-0.15, -0.1) is 0 Å². The van der Waals surface area contributed by atoms with E-state index in [0.717, 1.165) is 23.2 Å². The number of hydrogen-bond donors (Lipinski definition) is 2. The average Bonchev–Trinajstić information content (AvgIpc) is 3.08. The van der Waals surface area contributed by atoms with Crippen molar-refractivity contribution in [3.63, 3.8) is 0 Å². The Labute approximate surface area is 183 Å². The summed E-state index contributed by atoms with van der Waals surface area (Å²) >= 11 is 0. The van der Waals surface area contributed by atoms with Crippen molar-refractivity contribution in [3.05, 3.63) is 59.4 Å². The molecular weight excluding hydrogens is 415 g/mol. The molecular formula is C23H29FN4O2S. The molecule has 2 aromatic rings. The number of nitrogens with one attached hydrogen (secondary N) is 2. The number of rotatable bonds is 2. The lowest BCUT2D eigenvalue weighted by atomic mass is 9.95. The van der Waals surface area contributed by atoms with Crippen LogP contribution in [-0.2, 0) is 16.6 Å². The first-order valence-electron chi connectivity index (χ1n) is 10.5. The number of anilines is 1. The summed E-state index contributed by atoms with van der Waals surface area (Å²) in [6.45, 7) is 8.89. The summed E-state index contributed by atoms with van der Waals surface area (Å²) in [5.74, 6) is 0.177. The van der Waals surface area contributed by atoms with Gasteiger partial charge in [0.05, 0.1) is 16.0 Å². The van der Waals surface area contributed by atoms with Crippen LogP contribution in [0.5, 0.6) is 0 Å². The van der Waals surface area contributed by atoms with Crippen molar-refractivity contribution in [1.82, 2.24) is 9.62 Å². The normalized spacial score (nSPS) is 23.6. The van der Waals surface area contributed by atoms with Crippen molar-refractivity contribution in [2.24, 2.45) is 4.99 Å². The summed E-state index contributed by atoms with van der Waals surface area (Å²) in [7, 11) is -3.84. The van der Waals surface area contributed by atoms with Crippen LogP contribution in [-0.4, -0.2) is 42.7 Å². The van der Waals surface area contributed by atoms with Gasteiger partial charge in [-0.1, -0.05) is 24.3 Å². The molecule has 6 nitrogen and oxygen atoms in total. The van der Waals surface area contributed by atoms with E-state index in [0.29, 0.717) is 25.1 Å². The smallest absolute Gasteiger partial charge is 0.243 e. The predicted octanol–water partition coefficient (Wildman–Crippen LogP) is 3.68. The van der Waals surface area contributed by atoms with Crippen LogP contribution in [0.3, 0.4) is 0 Å². The quantitative estimate of drug-likeness (QED) is 0.741. The maximum Gasteiger partial charge on any atom is 0.243 e. The Hall–Kier alpha value is -2.29. The summed E-state index contributed by atoms with van der Waals surface area (Å²) < 4.78 is 42.1. The van der Waals surface area contributed by atoms with Gasteiger partial charge in [0.25, 0.3) is 0 Å². The summed E-state index contributed by atoms with van der Waals surface area (Å²) in [4.78, 5) is 4.96. The van der Waals surface area contributed by atoms with Crippen LogP contribution in [0.1, 0.15) is 38.3 Å². The number of benzene rings is 2. The molecule has 1 saturated heterocycles. The van der Waals surface area contributed by atoms with E-state index < -0.39 is 21.4 Å². The van der Waals surface area contributed by atoms with Gasteiger partial charge in [0.2, 0.25) is 10.0 Å². The summed E-state index contributed by atoms with van der Waals surface area (Å²) in [6.07, 6.45) is 0.566. The van der Waals surface area contributed by atoms with Crippen LogP contribution in [0.25, 0.3) is 0 Å². The molecule has 8 heteroatoms. The van der Waals surface area contributed by atoms with Gasteiger partial charge in [0.15, 0.2) is 0 Å². The van der Waals surface area contributed by atoms with Gasteiger partial charge in [-0.05, 0) is 63.4 Å². The highest BCUT2D eigenvalue weighted by molar-refractivity contribution is 7.89. The Balaban J connectivity index is 1.73. The summed E-state index contributed by atoms with van der Waals surface area (Å²) in [5.41, 5.74) is 1.60. The van der Waals surface area contributed by atoms with E-state index in [1.165, 1.54) is 16.4 Å². The molecule has 0 aliphatic carbocycles. The molecule has 2 aromatic carbocycles. The zero-order valence-electron chi connectivity index (χ0n) is 18.4. The molecule has 1 atom stereocenters. The molecule has 1 fully saturated rings. The molecule has 166 valence electrons. The minimum Gasteiger partial charge on any atom is -0.342 e. The number of aryl methyl sites for hydroxylation is 1. The summed E-state index contributed by atoms with van der Waals surface area (Å²) in [5, 5.41) is 7.08. The zero-order chi connectivity index (χ0) is 22.4. The van der Waals surface area contributed by atoms with Gasteiger partial charge in [-0.25, -0.2) is 12.8 Å². The molecule has 0 bridgehead atoms. The molecule has 2 aliphatic heterocycles. The van der Waals surface area contributed by atoms with Gasteiger partial charge in [0.1, 0.15) is 11.7 Å². The number of fused-ring (bicyclic) bond motifs is 1. The fraction of sp³-hybridized carbons (Fsp3) is 0.435. The highest BCUT2D eigenvalue weighted by Gasteiger charge is 2.48. The number of aliphatic imine (C=N–C) groups is 1. The summed E-state index contributed by atoms with van der Waals surface area (Å²) in [6, 6.07) is 11.9. The predicted molar refractivity (Wildman–Crippen MR) is 121 cm³/mol. The van der Waals surface area contributed by atoms with Crippen molar-refractivity contribution < 1.29 is 12.8 Å². The third-order valence-corrected chi connectivity index (χ3v) is 7.78. The van der Waals surface area contributed by atoms with Crippen molar-refractivity contribution in [2.75, 3.05) is 18.4 Å². The molecule has 0 aromatic heterocycles. The van der Waals surface area contributed by atoms with Crippen LogP contribution < -0.4 is 10.6 Å². The Morgan fingerprint density at radius 2 is 1.90 bits per heavy atom. The first-order valence-corrected chi connectivity index (χ1v) is 11.9. The van der Waals surface area contributed by atoms with Gasteiger partial charge in [-0.3, -0.25) is 10.3 Å². The Kier molecular flexibility index (Phi) is 5.44. The zero-order valence-corrected chi connectivity index (χ0v) is 19.2. The lowest BCUT2D eigenvalue weighted by Gasteiger charge is -2.32. The maximum atomic E-state index is 13.8. The highest BCUT2D eigenvalue weighted by atomic mass is 32.2. The molecule has 0 amide bonds. The van der Waals surface area contributed by atoms with Crippen LogP contribution in [0.15, 0.2) is 52.4 Å². The molecule has 1 spiro atoms. The number of amidine groups is 1. The Bertz CT molecular complexity index is 1140. The minimum absolute atomic E-state index is 0.0173. The van der Waals surface area contributed by atoms with Crippen molar-refractivity contribution in [1.29, 1.82) is 0 Å². The van der Waals surface area contributed by atoms with Gasteiger partial charge in [0, 0.05) is 25.3 Å². The minimum atomic E-state index is -3.84. The maximum absolute atomic E-state index is 13.8. The third kappa shape index (κ3) is 4.24. The van der Waals surface area contributed by atoms with Crippen LogP contribution in [0.4, 0.5) is 10.1 Å². The van der Waals surface area contributed by atoms with E-state index in [1.807, 2.05) is 45.0 Å². The van der Waals surface area contributed by atoms with E-state index in [2.05, 4.69) is 10.6 Å².